The molecule has 0 fully saturated rings. The first kappa shape index (κ1) is 9.61. The van der Waals surface area contributed by atoms with E-state index in [1.54, 1.807) is 0 Å². The zero-order chi connectivity index (χ0) is 9.68. The van der Waals surface area contributed by atoms with Crippen molar-refractivity contribution >= 4 is 0 Å². The van der Waals surface area contributed by atoms with Crippen LogP contribution in [0.15, 0.2) is 17.5 Å². The Labute approximate surface area is 77.0 Å². The number of aromatic nitrogens is 2. The third-order valence-corrected chi connectivity index (χ3v) is 1.75. The molecule has 1 heterocycles. The Bertz CT molecular complexity index is 308. The lowest BCUT2D eigenvalue weighted by molar-refractivity contribution is 0.532. The van der Waals surface area contributed by atoms with Crippen LogP contribution in [-0.4, -0.2) is 16.3 Å². The lowest BCUT2D eigenvalue weighted by Gasteiger charge is -2.02. The summed E-state index contributed by atoms with van der Waals surface area (Å²) in [5.41, 5.74) is 9.19. The number of hydrogen-bond acceptors (Lipinski definition) is 2. The summed E-state index contributed by atoms with van der Waals surface area (Å²) in [5.74, 6) is 0. The molecule has 1 rings (SSSR count). The minimum absolute atomic E-state index is 0.383. The van der Waals surface area contributed by atoms with E-state index in [1.807, 2.05) is 17.1 Å². The average Bonchev–Trinajstić information content (AvgIpc) is 2.53. The summed E-state index contributed by atoms with van der Waals surface area (Å²) in [7, 11) is 0. The molecule has 0 N–H and O–H groups in total. The van der Waals surface area contributed by atoms with Crippen molar-refractivity contribution in [1.82, 2.24) is 9.78 Å². The maximum absolute atomic E-state index is 8.08. The SMILES string of the molecule is CC(C)n1cc(CCN=[N+]=[N-])cn1. The fraction of sp³-hybridized carbons (Fsp3) is 0.625. The highest BCUT2D eigenvalue weighted by Gasteiger charge is 2.00. The van der Waals surface area contributed by atoms with E-state index in [0.29, 0.717) is 12.6 Å². The van der Waals surface area contributed by atoms with Crippen molar-refractivity contribution in [3.63, 3.8) is 0 Å². The molecular formula is C8H13N5. The van der Waals surface area contributed by atoms with Crippen molar-refractivity contribution < 1.29 is 0 Å². The zero-order valence-corrected chi connectivity index (χ0v) is 7.88. The third-order valence-electron chi connectivity index (χ3n) is 1.75. The predicted octanol–water partition coefficient (Wildman–Crippen LogP) is 2.32. The lowest BCUT2D eigenvalue weighted by atomic mass is 10.2. The average molecular weight is 179 g/mol. The maximum Gasteiger partial charge on any atom is 0.0521 e. The van der Waals surface area contributed by atoms with Gasteiger partial charge in [0.15, 0.2) is 0 Å². The van der Waals surface area contributed by atoms with E-state index < -0.39 is 0 Å². The third kappa shape index (κ3) is 2.80. The highest BCUT2D eigenvalue weighted by molar-refractivity contribution is 5.04. The summed E-state index contributed by atoms with van der Waals surface area (Å²) >= 11 is 0. The molecule has 5 nitrogen and oxygen atoms in total. The largest absolute Gasteiger partial charge is 0.270 e. The Morgan fingerprint density at radius 2 is 2.46 bits per heavy atom. The van der Waals surface area contributed by atoms with E-state index in [0.717, 1.165) is 12.0 Å². The van der Waals surface area contributed by atoms with Gasteiger partial charge >= 0.3 is 0 Å². The molecule has 0 bridgehead atoms. The Kier molecular flexibility index (Phi) is 3.34. The molecule has 0 saturated heterocycles. The van der Waals surface area contributed by atoms with Crippen LogP contribution in [0.3, 0.4) is 0 Å². The smallest absolute Gasteiger partial charge is 0.0521 e. The van der Waals surface area contributed by atoms with Crippen molar-refractivity contribution in [3.05, 3.63) is 28.4 Å². The molecule has 0 aromatic carbocycles. The Hall–Kier alpha value is -1.48. The first-order valence-electron chi connectivity index (χ1n) is 4.28. The zero-order valence-electron chi connectivity index (χ0n) is 7.88. The Morgan fingerprint density at radius 1 is 1.69 bits per heavy atom. The number of hydrogen-bond donors (Lipinski definition) is 0. The molecule has 0 aliphatic carbocycles. The molecule has 0 radical (unpaired) electrons. The van der Waals surface area contributed by atoms with Crippen LogP contribution in [0.4, 0.5) is 0 Å². The molecule has 1 aromatic heterocycles. The van der Waals surface area contributed by atoms with Gasteiger partial charge in [-0.2, -0.15) is 5.10 Å². The van der Waals surface area contributed by atoms with Gasteiger partial charge in [0, 0.05) is 23.7 Å². The summed E-state index contributed by atoms with van der Waals surface area (Å²) in [5, 5.41) is 7.64. The number of rotatable bonds is 4. The van der Waals surface area contributed by atoms with Crippen LogP contribution in [0.5, 0.6) is 0 Å². The molecule has 0 spiro atoms. The van der Waals surface area contributed by atoms with Crippen molar-refractivity contribution in [2.45, 2.75) is 26.3 Å². The second kappa shape index (κ2) is 4.52. The molecule has 5 heteroatoms. The normalized spacial score (nSPS) is 10.1. The molecule has 0 saturated carbocycles. The van der Waals surface area contributed by atoms with Gasteiger partial charge in [-0.05, 0) is 31.4 Å². The van der Waals surface area contributed by atoms with E-state index in [4.69, 9.17) is 5.53 Å². The molecule has 0 unspecified atom stereocenters. The van der Waals surface area contributed by atoms with Crippen molar-refractivity contribution in [1.29, 1.82) is 0 Å². The molecule has 0 atom stereocenters. The summed E-state index contributed by atoms with van der Waals surface area (Å²) in [6.45, 7) is 4.65. The molecule has 70 valence electrons. The lowest BCUT2D eigenvalue weighted by Crippen LogP contribution is -1.99. The van der Waals surface area contributed by atoms with Crippen molar-refractivity contribution in [2.24, 2.45) is 5.11 Å². The quantitative estimate of drug-likeness (QED) is 0.397. The molecule has 0 amide bonds. The molecule has 0 aliphatic rings. The first-order valence-corrected chi connectivity index (χ1v) is 4.28. The first-order chi connectivity index (χ1) is 6.24. The second-order valence-corrected chi connectivity index (χ2v) is 3.13. The van der Waals surface area contributed by atoms with Crippen LogP contribution < -0.4 is 0 Å². The minimum Gasteiger partial charge on any atom is -0.270 e. The number of azide groups is 1. The second-order valence-electron chi connectivity index (χ2n) is 3.13. The van der Waals surface area contributed by atoms with Gasteiger partial charge in [0.1, 0.15) is 0 Å². The fourth-order valence-electron chi connectivity index (χ4n) is 1.01. The van der Waals surface area contributed by atoms with Gasteiger partial charge in [0.2, 0.25) is 0 Å². The summed E-state index contributed by atoms with van der Waals surface area (Å²) < 4.78 is 1.89. The van der Waals surface area contributed by atoms with Crippen LogP contribution in [0, 0.1) is 0 Å². The van der Waals surface area contributed by atoms with E-state index >= 15 is 0 Å². The van der Waals surface area contributed by atoms with E-state index in [-0.39, 0.29) is 0 Å². The van der Waals surface area contributed by atoms with Crippen molar-refractivity contribution in [2.75, 3.05) is 6.54 Å². The van der Waals surface area contributed by atoms with Crippen LogP contribution in [0.2, 0.25) is 0 Å². The van der Waals surface area contributed by atoms with E-state index in [1.165, 1.54) is 0 Å². The molecule has 0 aliphatic heterocycles. The van der Waals surface area contributed by atoms with E-state index in [9.17, 15) is 0 Å². The molecular weight excluding hydrogens is 166 g/mol. The Morgan fingerprint density at radius 3 is 3.00 bits per heavy atom. The van der Waals surface area contributed by atoms with Crippen LogP contribution in [0.1, 0.15) is 25.5 Å². The van der Waals surface area contributed by atoms with Gasteiger partial charge in [0.05, 0.1) is 6.20 Å². The van der Waals surface area contributed by atoms with Gasteiger partial charge in [-0.3, -0.25) is 4.68 Å². The highest BCUT2D eigenvalue weighted by atomic mass is 15.3. The summed E-state index contributed by atoms with van der Waals surface area (Å²) in [6, 6.07) is 0.383. The van der Waals surface area contributed by atoms with Gasteiger partial charge in [-0.1, -0.05) is 5.11 Å². The predicted molar refractivity (Wildman–Crippen MR) is 50.3 cm³/mol. The summed E-state index contributed by atoms with van der Waals surface area (Å²) in [6.07, 6.45) is 4.56. The van der Waals surface area contributed by atoms with Gasteiger partial charge in [-0.25, -0.2) is 0 Å². The van der Waals surface area contributed by atoms with Gasteiger partial charge < -0.3 is 0 Å². The number of nitrogens with zero attached hydrogens (tertiary/aromatic N) is 5. The van der Waals surface area contributed by atoms with Crippen LogP contribution in [-0.2, 0) is 6.42 Å². The van der Waals surface area contributed by atoms with Gasteiger partial charge in [-0.15, -0.1) is 0 Å². The summed E-state index contributed by atoms with van der Waals surface area (Å²) in [4.78, 5) is 2.69. The minimum atomic E-state index is 0.383. The topological polar surface area (TPSA) is 66.6 Å². The van der Waals surface area contributed by atoms with Gasteiger partial charge in [0.25, 0.3) is 0 Å². The molecule has 1 aromatic rings. The van der Waals surface area contributed by atoms with Crippen LogP contribution in [0.25, 0.3) is 10.4 Å². The van der Waals surface area contributed by atoms with Crippen molar-refractivity contribution in [3.8, 4) is 0 Å². The maximum atomic E-state index is 8.08. The standard InChI is InChI=1S/C8H13N5/c1-7(2)13-6-8(5-11-13)3-4-10-12-9/h5-7H,3-4H2,1-2H3. The highest BCUT2D eigenvalue weighted by Crippen LogP contribution is 2.05. The fourth-order valence-corrected chi connectivity index (χ4v) is 1.01. The van der Waals surface area contributed by atoms with Crippen LogP contribution >= 0.6 is 0 Å². The Balaban J connectivity index is 2.53. The monoisotopic (exact) mass is 179 g/mol. The van der Waals surface area contributed by atoms with E-state index in [2.05, 4.69) is 29.0 Å². The molecule has 13 heavy (non-hydrogen) atoms.